The second-order valence-corrected chi connectivity index (χ2v) is 4.47. The quantitative estimate of drug-likeness (QED) is 0.681. The zero-order valence-electron chi connectivity index (χ0n) is 11.4. The molecule has 0 aliphatic heterocycles. The van der Waals surface area contributed by atoms with Crippen molar-refractivity contribution < 1.29 is 23.0 Å². The van der Waals surface area contributed by atoms with E-state index in [-0.39, 0.29) is 5.75 Å². The second kappa shape index (κ2) is 5.44. The van der Waals surface area contributed by atoms with Gasteiger partial charge in [-0.15, -0.1) is 0 Å². The molecule has 3 rings (SSSR count). The molecule has 0 bridgehead atoms. The summed E-state index contributed by atoms with van der Waals surface area (Å²) in [4.78, 5) is 15.3. The fourth-order valence-corrected chi connectivity index (χ4v) is 2.01. The van der Waals surface area contributed by atoms with Crippen molar-refractivity contribution in [2.75, 3.05) is 7.11 Å². The van der Waals surface area contributed by atoms with Crippen LogP contribution >= 0.6 is 0 Å². The number of fused-ring (bicyclic) bond motifs is 1. The van der Waals surface area contributed by atoms with Gasteiger partial charge in [0.15, 0.2) is 5.75 Å². The maximum Gasteiger partial charge on any atom is 0.513 e. The minimum atomic E-state index is -0.841. The molecule has 7 heteroatoms. The highest BCUT2D eigenvalue weighted by Crippen LogP contribution is 2.23. The molecule has 0 fully saturated rings. The van der Waals surface area contributed by atoms with E-state index < -0.39 is 17.8 Å². The fourth-order valence-electron chi connectivity index (χ4n) is 2.01. The van der Waals surface area contributed by atoms with E-state index in [4.69, 9.17) is 4.74 Å². The summed E-state index contributed by atoms with van der Waals surface area (Å²) in [5.74, 6) is -1.10. The molecule has 22 heavy (non-hydrogen) atoms. The molecule has 0 unspecified atom stereocenters. The van der Waals surface area contributed by atoms with Crippen molar-refractivity contribution in [2.45, 2.75) is 0 Å². The molecule has 5 nitrogen and oxygen atoms in total. The van der Waals surface area contributed by atoms with E-state index in [1.54, 1.807) is 16.7 Å². The molecule has 0 aliphatic carbocycles. The molecular weight excluding hydrogens is 294 g/mol. The Balaban J connectivity index is 2.00. The third kappa shape index (κ3) is 2.73. The third-order valence-corrected chi connectivity index (χ3v) is 2.95. The molecule has 1 aromatic carbocycles. The number of nitrogens with zero attached hydrogens (tertiary/aromatic N) is 2. The highest BCUT2D eigenvalue weighted by Gasteiger charge is 2.09. The Bertz CT molecular complexity index is 841. The number of hydrogen-bond acceptors (Lipinski definition) is 4. The van der Waals surface area contributed by atoms with Crippen molar-refractivity contribution >= 4 is 11.8 Å². The predicted octanol–water partition coefficient (Wildman–Crippen LogP) is 3.42. The van der Waals surface area contributed by atoms with Gasteiger partial charge in [-0.25, -0.2) is 18.6 Å². The number of methoxy groups -OCH3 is 1. The van der Waals surface area contributed by atoms with Crippen LogP contribution in [0.15, 0.2) is 42.7 Å². The van der Waals surface area contributed by atoms with Crippen LogP contribution in [0, 0.1) is 11.6 Å². The Kier molecular flexibility index (Phi) is 3.46. The molecule has 0 saturated heterocycles. The first-order chi connectivity index (χ1) is 10.5. The van der Waals surface area contributed by atoms with Gasteiger partial charge in [0.2, 0.25) is 0 Å². The van der Waals surface area contributed by atoms with E-state index in [0.29, 0.717) is 16.9 Å². The predicted molar refractivity (Wildman–Crippen MR) is 73.6 cm³/mol. The second-order valence-electron chi connectivity index (χ2n) is 4.47. The van der Waals surface area contributed by atoms with Crippen molar-refractivity contribution in [2.24, 2.45) is 0 Å². The summed E-state index contributed by atoms with van der Waals surface area (Å²) >= 11 is 0. The van der Waals surface area contributed by atoms with Crippen LogP contribution in [0.3, 0.4) is 0 Å². The number of benzene rings is 1. The van der Waals surface area contributed by atoms with Crippen LogP contribution in [-0.2, 0) is 4.74 Å². The van der Waals surface area contributed by atoms with Gasteiger partial charge in [-0.3, -0.25) is 0 Å². The monoisotopic (exact) mass is 304 g/mol. The SMILES string of the molecule is COC(=O)Oc1ccc2nc(-c3cc(F)cc(F)c3)cn2c1. The van der Waals surface area contributed by atoms with E-state index in [1.165, 1.54) is 31.5 Å². The van der Waals surface area contributed by atoms with Crippen LogP contribution in [0.1, 0.15) is 0 Å². The van der Waals surface area contributed by atoms with Gasteiger partial charge < -0.3 is 13.9 Å². The minimum Gasteiger partial charge on any atom is -0.437 e. The van der Waals surface area contributed by atoms with E-state index in [0.717, 1.165) is 6.07 Å². The third-order valence-electron chi connectivity index (χ3n) is 2.95. The molecule has 0 radical (unpaired) electrons. The Hall–Kier alpha value is -2.96. The maximum absolute atomic E-state index is 13.3. The average molecular weight is 304 g/mol. The zero-order chi connectivity index (χ0) is 15.7. The summed E-state index contributed by atoms with van der Waals surface area (Å²) in [5.41, 5.74) is 1.25. The smallest absolute Gasteiger partial charge is 0.437 e. The maximum atomic E-state index is 13.3. The normalized spacial score (nSPS) is 10.7. The Morgan fingerprint density at radius 3 is 2.55 bits per heavy atom. The van der Waals surface area contributed by atoms with Gasteiger partial charge in [-0.1, -0.05) is 0 Å². The average Bonchev–Trinajstić information content (AvgIpc) is 2.89. The number of hydrogen-bond donors (Lipinski definition) is 0. The first kappa shape index (κ1) is 14.0. The molecule has 2 aromatic heterocycles. The number of rotatable bonds is 2. The Morgan fingerprint density at radius 2 is 1.86 bits per heavy atom. The van der Waals surface area contributed by atoms with Gasteiger partial charge >= 0.3 is 6.16 Å². The summed E-state index contributed by atoms with van der Waals surface area (Å²) in [6.45, 7) is 0. The summed E-state index contributed by atoms with van der Waals surface area (Å²) in [5, 5.41) is 0. The largest absolute Gasteiger partial charge is 0.513 e. The Labute approximate surface area is 123 Å². The summed E-state index contributed by atoms with van der Waals surface area (Å²) in [7, 11) is 1.20. The summed E-state index contributed by atoms with van der Waals surface area (Å²) < 4.78 is 37.4. The Morgan fingerprint density at radius 1 is 1.14 bits per heavy atom. The molecule has 0 N–H and O–H groups in total. The lowest BCUT2D eigenvalue weighted by atomic mass is 10.1. The van der Waals surface area contributed by atoms with Crippen LogP contribution in [0.25, 0.3) is 16.9 Å². The number of carbonyl (C=O) groups excluding carboxylic acids is 1. The zero-order valence-corrected chi connectivity index (χ0v) is 11.4. The number of pyridine rings is 1. The number of ether oxygens (including phenoxy) is 2. The van der Waals surface area contributed by atoms with Crippen LogP contribution in [0.4, 0.5) is 13.6 Å². The molecule has 0 amide bonds. The van der Waals surface area contributed by atoms with Crippen LogP contribution in [-0.4, -0.2) is 22.6 Å². The standard InChI is InChI=1S/C15H10F2N2O3/c1-21-15(20)22-12-2-3-14-18-13(8-19(14)7-12)9-4-10(16)6-11(17)5-9/h2-8H,1H3. The fraction of sp³-hybridized carbons (Fsp3) is 0.0667. The molecule has 112 valence electrons. The molecular formula is C15H10F2N2O3. The van der Waals surface area contributed by atoms with Crippen molar-refractivity contribution in [3.63, 3.8) is 0 Å². The van der Waals surface area contributed by atoms with Crippen molar-refractivity contribution in [3.8, 4) is 17.0 Å². The van der Waals surface area contributed by atoms with Crippen molar-refractivity contribution in [1.82, 2.24) is 9.38 Å². The molecule has 0 saturated carbocycles. The van der Waals surface area contributed by atoms with Crippen LogP contribution < -0.4 is 4.74 Å². The number of halogens is 2. The number of imidazole rings is 1. The number of carbonyl (C=O) groups is 1. The van der Waals surface area contributed by atoms with Gasteiger partial charge in [0.25, 0.3) is 0 Å². The van der Waals surface area contributed by atoms with Crippen molar-refractivity contribution in [3.05, 3.63) is 54.4 Å². The molecule has 3 aromatic rings. The highest BCUT2D eigenvalue weighted by atomic mass is 19.1. The van der Waals surface area contributed by atoms with E-state index >= 15 is 0 Å². The first-order valence-electron chi connectivity index (χ1n) is 6.26. The summed E-state index contributed by atoms with van der Waals surface area (Å²) in [6, 6.07) is 6.32. The molecule has 0 spiro atoms. The van der Waals surface area contributed by atoms with E-state index in [1.807, 2.05) is 0 Å². The lowest BCUT2D eigenvalue weighted by molar-refractivity contribution is 0.121. The molecule has 0 aliphatic rings. The van der Waals surface area contributed by atoms with Gasteiger partial charge in [0, 0.05) is 17.8 Å². The first-order valence-corrected chi connectivity index (χ1v) is 6.26. The van der Waals surface area contributed by atoms with E-state index in [9.17, 15) is 13.6 Å². The molecule has 2 heterocycles. The van der Waals surface area contributed by atoms with Crippen LogP contribution in [0.5, 0.6) is 5.75 Å². The topological polar surface area (TPSA) is 52.8 Å². The van der Waals surface area contributed by atoms with Crippen molar-refractivity contribution in [1.29, 1.82) is 0 Å². The molecule has 0 atom stereocenters. The van der Waals surface area contributed by atoms with Gasteiger partial charge in [-0.2, -0.15) is 0 Å². The van der Waals surface area contributed by atoms with Gasteiger partial charge in [0.05, 0.1) is 19.0 Å². The van der Waals surface area contributed by atoms with Gasteiger partial charge in [-0.05, 0) is 24.3 Å². The minimum absolute atomic E-state index is 0.258. The number of aromatic nitrogens is 2. The highest BCUT2D eigenvalue weighted by molar-refractivity contribution is 5.65. The van der Waals surface area contributed by atoms with E-state index in [2.05, 4.69) is 9.72 Å². The summed E-state index contributed by atoms with van der Waals surface area (Å²) in [6.07, 6.45) is 2.25. The lowest BCUT2D eigenvalue weighted by Crippen LogP contribution is -2.07. The lowest BCUT2D eigenvalue weighted by Gasteiger charge is -2.02. The van der Waals surface area contributed by atoms with Gasteiger partial charge in [0.1, 0.15) is 17.3 Å². The van der Waals surface area contributed by atoms with Crippen LogP contribution in [0.2, 0.25) is 0 Å².